The van der Waals surface area contributed by atoms with Crippen LogP contribution in [0.25, 0.3) is 27.5 Å². The zero-order valence-electron chi connectivity index (χ0n) is 27.1. The summed E-state index contributed by atoms with van der Waals surface area (Å²) in [7, 11) is 3.48. The Morgan fingerprint density at radius 2 is 0.837 bits per heavy atom. The van der Waals surface area contributed by atoms with E-state index in [0.29, 0.717) is 0 Å². The first-order valence-electron chi connectivity index (χ1n) is 17.0. The second-order valence-electron chi connectivity index (χ2n) is 13.3. The van der Waals surface area contributed by atoms with Crippen molar-refractivity contribution in [3.05, 3.63) is 208 Å². The van der Waals surface area contributed by atoms with E-state index in [2.05, 4.69) is 182 Å². The van der Waals surface area contributed by atoms with Gasteiger partial charge in [0.2, 0.25) is 0 Å². The number of benzene rings is 7. The van der Waals surface area contributed by atoms with Crippen molar-refractivity contribution in [2.75, 3.05) is 0 Å². The lowest BCUT2D eigenvalue weighted by Gasteiger charge is -2.48. The Morgan fingerprint density at radius 1 is 0.449 bits per heavy atom. The summed E-state index contributed by atoms with van der Waals surface area (Å²) in [5.41, 5.74) is 14.2. The van der Waals surface area contributed by atoms with Crippen LogP contribution < -0.4 is 10.9 Å². The first-order chi connectivity index (χ1) is 24.2. The summed E-state index contributed by atoms with van der Waals surface area (Å²) in [4.78, 5) is 0. The van der Waals surface area contributed by atoms with Gasteiger partial charge in [0.25, 0.3) is 0 Å². The molecule has 0 bridgehead atoms. The normalized spacial score (nSPS) is 14.7. The molecule has 0 atom stereocenters. The maximum atomic E-state index is 10.7. The number of nitrogens with zero attached hydrogens (tertiary/aromatic N) is 1. The maximum absolute atomic E-state index is 10.7. The molecule has 0 fully saturated rings. The van der Waals surface area contributed by atoms with Crippen molar-refractivity contribution in [2.24, 2.45) is 0 Å². The fourth-order valence-electron chi connectivity index (χ4n) is 9.36. The fraction of sp³-hybridized carbons (Fsp3) is 0.0667. The van der Waals surface area contributed by atoms with E-state index in [-0.39, 0.29) is 0 Å². The minimum absolute atomic E-state index is 0.599. The molecule has 0 saturated carbocycles. The third-order valence-corrected chi connectivity index (χ3v) is 11.2. The van der Waals surface area contributed by atoms with Gasteiger partial charge < -0.3 is 9.59 Å². The van der Waals surface area contributed by atoms with E-state index in [1.54, 1.807) is 0 Å². The van der Waals surface area contributed by atoms with Gasteiger partial charge in [-0.05, 0) is 44.5 Å². The van der Waals surface area contributed by atoms with Crippen molar-refractivity contribution in [1.29, 1.82) is 0 Å². The van der Waals surface area contributed by atoms with E-state index in [1.165, 1.54) is 79.6 Å². The van der Waals surface area contributed by atoms with E-state index in [0.717, 1.165) is 10.8 Å². The monoisotopic (exact) mass is 623 g/mol. The van der Waals surface area contributed by atoms with Crippen molar-refractivity contribution >= 4 is 47.5 Å². The van der Waals surface area contributed by atoms with Gasteiger partial charge in [0.15, 0.2) is 0 Å². The number of rotatable bonds is 6. The molecule has 0 aliphatic carbocycles. The molecule has 1 aromatic heterocycles. The van der Waals surface area contributed by atoms with Crippen molar-refractivity contribution in [3.63, 3.8) is 0 Å². The van der Waals surface area contributed by atoms with E-state index in [4.69, 9.17) is 0 Å². The summed E-state index contributed by atoms with van der Waals surface area (Å²) in [5.74, 6) is 0. The molecule has 49 heavy (non-hydrogen) atoms. The van der Waals surface area contributed by atoms with Gasteiger partial charge in [-0.3, -0.25) is 0 Å². The van der Waals surface area contributed by atoms with Gasteiger partial charge in [-0.15, -0.1) is 0 Å². The number of aromatic nitrogens is 1. The first-order valence-corrected chi connectivity index (χ1v) is 17.0. The number of hydrogen-bond donors (Lipinski definition) is 1. The van der Waals surface area contributed by atoms with Crippen LogP contribution in [0.2, 0.25) is 6.82 Å². The summed E-state index contributed by atoms with van der Waals surface area (Å²) in [6.07, 6.45) is 0. The molecule has 2 nitrogen and oxygen atoms in total. The van der Waals surface area contributed by atoms with Crippen LogP contribution in [0.3, 0.4) is 0 Å². The topological polar surface area (TPSA) is 25.2 Å². The summed E-state index contributed by atoms with van der Waals surface area (Å²) >= 11 is 0. The second-order valence-corrected chi connectivity index (χ2v) is 13.3. The number of para-hydroxylation sites is 1. The Morgan fingerprint density at radius 3 is 1.22 bits per heavy atom. The summed E-state index contributed by atoms with van der Waals surface area (Å²) in [5, 5.41) is 13.1. The lowest BCUT2D eigenvalue weighted by molar-refractivity contribution is 0.615. The third kappa shape index (κ3) is 3.52. The molecule has 3 heterocycles. The molecule has 4 heteroatoms. The van der Waals surface area contributed by atoms with Crippen LogP contribution in [-0.4, -0.2) is 24.4 Å². The quantitative estimate of drug-likeness (QED) is 0.188. The third-order valence-electron chi connectivity index (χ3n) is 11.2. The molecule has 0 unspecified atom stereocenters. The molecule has 2 aliphatic heterocycles. The van der Waals surface area contributed by atoms with Crippen LogP contribution in [0, 0.1) is 0 Å². The van der Waals surface area contributed by atoms with Gasteiger partial charge in [-0.1, -0.05) is 182 Å². The molecule has 2 radical (unpaired) electrons. The van der Waals surface area contributed by atoms with Crippen molar-refractivity contribution in [2.45, 2.75) is 17.7 Å². The van der Waals surface area contributed by atoms with Crippen LogP contribution in [0.1, 0.15) is 44.5 Å². The zero-order valence-corrected chi connectivity index (χ0v) is 27.1. The molecular formula is C45H31B2NO. The predicted octanol–water partition coefficient (Wildman–Crippen LogP) is 7.79. The highest BCUT2D eigenvalue weighted by Crippen LogP contribution is 2.61. The summed E-state index contributed by atoms with van der Waals surface area (Å²) in [6, 6.07) is 60.1. The van der Waals surface area contributed by atoms with Crippen LogP contribution >= 0.6 is 0 Å². The summed E-state index contributed by atoms with van der Waals surface area (Å²) in [6.45, 7) is 2.13. The second kappa shape index (κ2) is 10.5. The Labute approximate surface area is 287 Å². The standard InChI is InChI=1S/C45H31B2NO/c1-46-33-25-35-36-26-34(47-49)28-40-42(36)48-41(35)39(27-33)44(29-15-6-2-7-16-29,30-17-8-3-9-18-30)37-23-14-24-38(43(37)48)45(40,31-19-10-4-11-20-31)32-21-12-5-13-22-32/h2-28,49H,1H3. The number of hydrogen-bond acceptors (Lipinski definition) is 1. The Balaban J connectivity index is 1.55. The van der Waals surface area contributed by atoms with Gasteiger partial charge in [0, 0.05) is 10.8 Å². The minimum atomic E-state index is -0.661. The highest BCUT2D eigenvalue weighted by atomic mass is 16.2. The fourth-order valence-corrected chi connectivity index (χ4v) is 9.36. The maximum Gasteiger partial charge on any atom is 0.326 e. The summed E-state index contributed by atoms with van der Waals surface area (Å²) < 4.78 is 2.56. The van der Waals surface area contributed by atoms with Crippen molar-refractivity contribution in [3.8, 4) is 5.69 Å². The van der Waals surface area contributed by atoms with Crippen LogP contribution in [0.4, 0.5) is 0 Å². The van der Waals surface area contributed by atoms with Gasteiger partial charge in [-0.25, -0.2) is 0 Å². The molecule has 10 rings (SSSR count). The Kier molecular flexibility index (Phi) is 6.07. The van der Waals surface area contributed by atoms with Gasteiger partial charge in [0.05, 0.1) is 27.6 Å². The van der Waals surface area contributed by atoms with Crippen molar-refractivity contribution in [1.82, 2.24) is 4.57 Å². The lowest BCUT2D eigenvalue weighted by Crippen LogP contribution is -2.42. The first kappa shape index (κ1) is 28.4. The molecule has 228 valence electrons. The SMILES string of the molecule is C[B]c1cc2c3c(c1)c1cc([B]O)cc4c1n3-c1c(cccc1C4(c1ccccc1)c1ccccc1)C2(c1ccccc1)c1ccccc1. The molecule has 8 aromatic rings. The molecule has 1 N–H and O–H groups in total. The van der Waals surface area contributed by atoms with E-state index >= 15 is 0 Å². The van der Waals surface area contributed by atoms with Crippen LogP contribution in [-0.2, 0) is 10.8 Å². The highest BCUT2D eigenvalue weighted by molar-refractivity contribution is 6.52. The average Bonchev–Trinajstić information content (AvgIpc) is 3.51. The molecule has 0 saturated heterocycles. The zero-order chi connectivity index (χ0) is 32.7. The van der Waals surface area contributed by atoms with Crippen LogP contribution in [0.5, 0.6) is 0 Å². The van der Waals surface area contributed by atoms with E-state index < -0.39 is 10.8 Å². The molecule has 2 aliphatic rings. The largest absolute Gasteiger partial charge is 0.450 e. The van der Waals surface area contributed by atoms with E-state index in [1.807, 2.05) is 0 Å². The smallest absolute Gasteiger partial charge is 0.326 e. The average molecular weight is 623 g/mol. The minimum Gasteiger partial charge on any atom is -0.450 e. The van der Waals surface area contributed by atoms with Gasteiger partial charge >= 0.3 is 7.48 Å². The van der Waals surface area contributed by atoms with E-state index in [9.17, 15) is 5.02 Å². The highest BCUT2D eigenvalue weighted by Gasteiger charge is 2.52. The molecular weight excluding hydrogens is 592 g/mol. The molecule has 7 aromatic carbocycles. The Bertz CT molecular complexity index is 2310. The Hall–Kier alpha value is -5.57. The lowest BCUT2D eigenvalue weighted by atomic mass is 9.58. The van der Waals surface area contributed by atoms with Gasteiger partial charge in [-0.2, -0.15) is 0 Å². The van der Waals surface area contributed by atoms with Gasteiger partial charge in [0.1, 0.15) is 7.28 Å². The predicted molar refractivity (Wildman–Crippen MR) is 203 cm³/mol. The molecule has 0 spiro atoms. The van der Waals surface area contributed by atoms with Crippen molar-refractivity contribution < 1.29 is 5.02 Å². The number of fused-ring (bicyclic) bond motifs is 1. The van der Waals surface area contributed by atoms with Crippen LogP contribution in [0.15, 0.2) is 164 Å². The molecule has 0 amide bonds.